The number of unbranched alkanes of at least 4 members (excludes halogenated alkanes) is 7. The van der Waals surface area contributed by atoms with Crippen molar-refractivity contribution in [3.05, 3.63) is 36.5 Å². The zero-order chi connectivity index (χ0) is 14.9. The molecule has 0 unspecified atom stereocenters. The van der Waals surface area contributed by atoms with Gasteiger partial charge < -0.3 is 4.74 Å². The van der Waals surface area contributed by atoms with Crippen molar-refractivity contribution < 1.29 is 9.53 Å². The molecule has 0 saturated carbocycles. The van der Waals surface area contributed by atoms with Crippen molar-refractivity contribution in [2.45, 2.75) is 65.2 Å². The minimum absolute atomic E-state index is 0.168. The molecule has 2 nitrogen and oxygen atoms in total. The molecule has 0 saturated heterocycles. The van der Waals surface area contributed by atoms with Gasteiger partial charge in [0.25, 0.3) is 0 Å². The molecular weight excluding hydrogens is 248 g/mol. The van der Waals surface area contributed by atoms with E-state index in [4.69, 9.17) is 4.74 Å². The minimum Gasteiger partial charge on any atom is -0.466 e. The van der Waals surface area contributed by atoms with Crippen LogP contribution in [0.15, 0.2) is 36.5 Å². The van der Waals surface area contributed by atoms with Crippen molar-refractivity contribution in [2.24, 2.45) is 0 Å². The fraction of sp³-hybridized carbons (Fsp3) is 0.611. The molecule has 0 aromatic carbocycles. The smallest absolute Gasteiger partial charge is 0.302 e. The van der Waals surface area contributed by atoms with E-state index in [1.165, 1.54) is 51.9 Å². The van der Waals surface area contributed by atoms with Crippen LogP contribution in [0.4, 0.5) is 0 Å². The lowest BCUT2D eigenvalue weighted by atomic mass is 10.1. The van der Waals surface area contributed by atoms with Gasteiger partial charge in [-0.1, -0.05) is 68.6 Å². The van der Waals surface area contributed by atoms with Crippen LogP contribution in [0.5, 0.6) is 0 Å². The van der Waals surface area contributed by atoms with E-state index in [1.807, 2.05) is 25.2 Å². The van der Waals surface area contributed by atoms with Crippen LogP contribution in [0, 0.1) is 0 Å². The second-order valence-corrected chi connectivity index (χ2v) is 4.94. The Morgan fingerprint density at radius 3 is 2.10 bits per heavy atom. The summed E-state index contributed by atoms with van der Waals surface area (Å²) in [7, 11) is 0. The highest BCUT2D eigenvalue weighted by Gasteiger charge is 1.94. The summed E-state index contributed by atoms with van der Waals surface area (Å²) in [4.78, 5) is 10.5. The average molecular weight is 278 g/mol. The van der Waals surface area contributed by atoms with Crippen LogP contribution in [0.3, 0.4) is 0 Å². The quantitative estimate of drug-likeness (QED) is 0.273. The first-order valence-corrected chi connectivity index (χ1v) is 7.85. The van der Waals surface area contributed by atoms with Crippen molar-refractivity contribution in [3.8, 4) is 0 Å². The molecule has 0 aliphatic heterocycles. The molecule has 0 heterocycles. The van der Waals surface area contributed by atoms with Gasteiger partial charge in [0.2, 0.25) is 0 Å². The average Bonchev–Trinajstić information content (AvgIpc) is 2.43. The molecule has 0 aromatic heterocycles. The Kier molecular flexibility index (Phi) is 14.7. The van der Waals surface area contributed by atoms with Crippen LogP contribution in [0.1, 0.15) is 65.2 Å². The fourth-order valence-corrected chi connectivity index (χ4v) is 1.88. The largest absolute Gasteiger partial charge is 0.466 e. The molecule has 0 N–H and O–H groups in total. The Morgan fingerprint density at radius 1 is 0.850 bits per heavy atom. The molecule has 114 valence electrons. The van der Waals surface area contributed by atoms with Gasteiger partial charge in [-0.2, -0.15) is 0 Å². The zero-order valence-corrected chi connectivity index (χ0v) is 13.1. The summed E-state index contributed by atoms with van der Waals surface area (Å²) in [5, 5.41) is 0. The van der Waals surface area contributed by atoms with Gasteiger partial charge in [-0.05, 0) is 26.2 Å². The predicted molar refractivity (Wildman–Crippen MR) is 86.7 cm³/mol. The summed E-state index contributed by atoms with van der Waals surface area (Å²) in [6, 6.07) is 0. The van der Waals surface area contributed by atoms with E-state index in [-0.39, 0.29) is 5.97 Å². The maximum absolute atomic E-state index is 10.5. The Labute approximate surface area is 124 Å². The Morgan fingerprint density at radius 2 is 1.45 bits per heavy atom. The van der Waals surface area contributed by atoms with Crippen molar-refractivity contribution >= 4 is 5.97 Å². The van der Waals surface area contributed by atoms with Gasteiger partial charge in [-0.25, -0.2) is 0 Å². The molecule has 0 fully saturated rings. The molecular formula is C18H30O2. The van der Waals surface area contributed by atoms with Crippen LogP contribution in [0.2, 0.25) is 0 Å². The number of carbonyl (C=O) groups is 1. The molecule has 20 heavy (non-hydrogen) atoms. The Balaban J connectivity index is 3.15. The molecule has 0 radical (unpaired) electrons. The van der Waals surface area contributed by atoms with Gasteiger partial charge in [0, 0.05) is 6.92 Å². The highest BCUT2D eigenvalue weighted by molar-refractivity contribution is 5.65. The molecule has 0 aliphatic carbocycles. The molecule has 0 atom stereocenters. The number of hydrogen-bond acceptors (Lipinski definition) is 2. The number of ether oxygens (including phenoxy) is 1. The maximum atomic E-state index is 10.5. The van der Waals surface area contributed by atoms with E-state index in [9.17, 15) is 4.79 Å². The van der Waals surface area contributed by atoms with Gasteiger partial charge in [0.15, 0.2) is 0 Å². The lowest BCUT2D eigenvalue weighted by Gasteiger charge is -2.02. The first-order valence-electron chi connectivity index (χ1n) is 7.85. The SMILES string of the molecule is C\C=C/C=C/C=C/CCCCCCCCCOC(C)=O. The van der Waals surface area contributed by atoms with E-state index >= 15 is 0 Å². The lowest BCUT2D eigenvalue weighted by molar-refractivity contribution is -0.141. The second-order valence-electron chi connectivity index (χ2n) is 4.94. The number of allylic oxidation sites excluding steroid dienone is 6. The summed E-state index contributed by atoms with van der Waals surface area (Å²) in [5.74, 6) is -0.168. The third-order valence-electron chi connectivity index (χ3n) is 2.98. The summed E-state index contributed by atoms with van der Waals surface area (Å²) in [6.45, 7) is 4.07. The summed E-state index contributed by atoms with van der Waals surface area (Å²) in [5.41, 5.74) is 0. The van der Waals surface area contributed by atoms with Gasteiger partial charge in [-0.15, -0.1) is 0 Å². The Bertz CT molecular complexity index is 301. The van der Waals surface area contributed by atoms with Gasteiger partial charge in [-0.3, -0.25) is 4.79 Å². The predicted octanol–water partition coefficient (Wildman–Crippen LogP) is 5.36. The van der Waals surface area contributed by atoms with Crippen molar-refractivity contribution in [3.63, 3.8) is 0 Å². The lowest BCUT2D eigenvalue weighted by Crippen LogP contribution is -1.99. The third kappa shape index (κ3) is 16.7. The minimum atomic E-state index is -0.168. The van der Waals surface area contributed by atoms with Crippen molar-refractivity contribution in [1.29, 1.82) is 0 Å². The highest BCUT2D eigenvalue weighted by Crippen LogP contribution is 2.09. The molecule has 0 aliphatic rings. The van der Waals surface area contributed by atoms with Crippen LogP contribution >= 0.6 is 0 Å². The maximum Gasteiger partial charge on any atom is 0.302 e. The Hall–Kier alpha value is -1.31. The second kappa shape index (κ2) is 15.7. The van der Waals surface area contributed by atoms with E-state index in [0.29, 0.717) is 6.61 Å². The fourth-order valence-electron chi connectivity index (χ4n) is 1.88. The highest BCUT2D eigenvalue weighted by atomic mass is 16.5. The molecule has 0 amide bonds. The molecule has 0 bridgehead atoms. The van der Waals surface area contributed by atoms with Crippen molar-refractivity contribution in [1.82, 2.24) is 0 Å². The van der Waals surface area contributed by atoms with Crippen LogP contribution in [0.25, 0.3) is 0 Å². The standard InChI is InChI=1S/C18H30O2/c1-3-4-5-6-7-8-9-10-11-12-13-14-15-16-17-20-18(2)19/h3-8H,9-17H2,1-2H3/b4-3-,6-5+,8-7+. The van der Waals surface area contributed by atoms with E-state index in [0.717, 1.165) is 6.42 Å². The molecule has 0 aromatic rings. The normalized spacial score (nSPS) is 11.9. The van der Waals surface area contributed by atoms with E-state index in [1.54, 1.807) is 0 Å². The summed E-state index contributed by atoms with van der Waals surface area (Å²) < 4.78 is 4.89. The van der Waals surface area contributed by atoms with Gasteiger partial charge in [0.05, 0.1) is 6.61 Å². The summed E-state index contributed by atoms with van der Waals surface area (Å²) in [6.07, 6.45) is 22.3. The summed E-state index contributed by atoms with van der Waals surface area (Å²) >= 11 is 0. The van der Waals surface area contributed by atoms with Crippen LogP contribution in [-0.2, 0) is 9.53 Å². The number of rotatable bonds is 12. The van der Waals surface area contributed by atoms with Crippen LogP contribution < -0.4 is 0 Å². The van der Waals surface area contributed by atoms with E-state index < -0.39 is 0 Å². The topological polar surface area (TPSA) is 26.3 Å². The molecule has 2 heteroatoms. The zero-order valence-electron chi connectivity index (χ0n) is 13.1. The number of esters is 1. The first kappa shape index (κ1) is 18.7. The number of carbonyl (C=O) groups excluding carboxylic acids is 1. The van der Waals surface area contributed by atoms with Gasteiger partial charge >= 0.3 is 5.97 Å². The number of hydrogen-bond donors (Lipinski definition) is 0. The molecule has 0 rings (SSSR count). The monoisotopic (exact) mass is 278 g/mol. The third-order valence-corrected chi connectivity index (χ3v) is 2.98. The van der Waals surface area contributed by atoms with Crippen LogP contribution in [-0.4, -0.2) is 12.6 Å². The first-order chi connectivity index (χ1) is 9.77. The van der Waals surface area contributed by atoms with Gasteiger partial charge in [0.1, 0.15) is 0 Å². The van der Waals surface area contributed by atoms with Crippen molar-refractivity contribution in [2.75, 3.05) is 6.61 Å². The molecule has 0 spiro atoms. The van der Waals surface area contributed by atoms with E-state index in [2.05, 4.69) is 18.2 Å².